The number of methoxy groups -OCH3 is 1. The van der Waals surface area contributed by atoms with Gasteiger partial charge >= 0.3 is 12.1 Å². The molecule has 2 fully saturated rings. The van der Waals surface area contributed by atoms with E-state index < -0.39 is 17.7 Å². The molecule has 5 rings (SSSR count). The predicted octanol–water partition coefficient (Wildman–Crippen LogP) is 7.37. The Morgan fingerprint density at radius 3 is 2.37 bits per heavy atom. The number of amides is 1. The van der Waals surface area contributed by atoms with Gasteiger partial charge in [0.25, 0.3) is 0 Å². The van der Waals surface area contributed by atoms with Crippen LogP contribution >= 0.6 is 0 Å². The third-order valence-corrected chi connectivity index (χ3v) is 9.26. The lowest BCUT2D eigenvalue weighted by molar-refractivity contribution is -0.139. The first-order valence-corrected chi connectivity index (χ1v) is 16.4. The molecule has 246 valence electrons. The van der Waals surface area contributed by atoms with E-state index in [1.165, 1.54) is 45.6 Å². The molecule has 1 spiro atoms. The molecule has 1 amide bonds. The fourth-order valence-electron chi connectivity index (χ4n) is 6.77. The van der Waals surface area contributed by atoms with Crippen molar-refractivity contribution in [1.82, 2.24) is 5.32 Å². The molecule has 0 aromatic heterocycles. The fraction of sp³-hybridized carbons (Fsp3) is 0.474. The normalized spacial score (nSPS) is 16.6. The first-order chi connectivity index (χ1) is 22.1. The van der Waals surface area contributed by atoms with Crippen LogP contribution in [-0.4, -0.2) is 49.6 Å². The summed E-state index contributed by atoms with van der Waals surface area (Å²) in [5, 5.41) is 13.0. The van der Waals surface area contributed by atoms with E-state index in [0.29, 0.717) is 17.8 Å². The standard InChI is InChI=1S/C38H48N2O6/c1-37(2,3)46-36(43)39-33(25-41)29-12-9-11-28(22-29)31-20-27(26-45-34-13-6-5-10-30(34)24-35(42)44-4)21-32(23-31)40-18-16-38(17-19-40)14-7-8-15-38/h5-6,9-13,20-23,33,41H,7-8,14-19,24-26H2,1-4H3,(H,39,43)/t33-/m1/s1. The van der Waals surface area contributed by atoms with E-state index in [0.717, 1.165) is 46.6 Å². The van der Waals surface area contributed by atoms with Crippen LogP contribution in [0.5, 0.6) is 5.75 Å². The van der Waals surface area contributed by atoms with Crippen LogP contribution in [0.1, 0.15) is 82.0 Å². The number of aliphatic hydroxyl groups is 1. The summed E-state index contributed by atoms with van der Waals surface area (Å²) in [4.78, 5) is 27.0. The topological polar surface area (TPSA) is 97.3 Å². The minimum absolute atomic E-state index is 0.142. The van der Waals surface area contributed by atoms with Gasteiger partial charge in [0.2, 0.25) is 0 Å². The van der Waals surface area contributed by atoms with Gasteiger partial charge in [0.15, 0.2) is 0 Å². The molecule has 8 nitrogen and oxygen atoms in total. The number of carbonyl (C=O) groups is 2. The van der Waals surface area contributed by atoms with E-state index in [9.17, 15) is 14.7 Å². The van der Waals surface area contributed by atoms with Gasteiger partial charge in [0.1, 0.15) is 18.0 Å². The van der Waals surface area contributed by atoms with E-state index >= 15 is 0 Å². The molecule has 1 saturated carbocycles. The van der Waals surface area contributed by atoms with Crippen molar-refractivity contribution in [1.29, 1.82) is 0 Å². The molecule has 2 N–H and O–H groups in total. The maximum absolute atomic E-state index is 12.5. The molecule has 3 aromatic rings. The molecule has 8 heteroatoms. The van der Waals surface area contributed by atoms with E-state index in [1.807, 2.05) is 69.3 Å². The minimum Gasteiger partial charge on any atom is -0.489 e. The lowest BCUT2D eigenvalue weighted by Crippen LogP contribution is -2.38. The van der Waals surface area contributed by atoms with Gasteiger partial charge in [0, 0.05) is 24.3 Å². The quantitative estimate of drug-likeness (QED) is 0.226. The monoisotopic (exact) mass is 628 g/mol. The Morgan fingerprint density at radius 2 is 1.67 bits per heavy atom. The van der Waals surface area contributed by atoms with Crippen molar-refractivity contribution in [2.75, 3.05) is 31.7 Å². The summed E-state index contributed by atoms with van der Waals surface area (Å²) in [7, 11) is 1.39. The van der Waals surface area contributed by atoms with Crippen LogP contribution in [0.25, 0.3) is 11.1 Å². The van der Waals surface area contributed by atoms with Gasteiger partial charge in [0.05, 0.1) is 26.2 Å². The molecule has 0 unspecified atom stereocenters. The number of piperidine rings is 1. The van der Waals surface area contributed by atoms with Gasteiger partial charge in [-0.2, -0.15) is 0 Å². The van der Waals surface area contributed by atoms with Crippen LogP contribution in [-0.2, 0) is 27.3 Å². The molecule has 0 bridgehead atoms. The van der Waals surface area contributed by atoms with Gasteiger partial charge in [-0.1, -0.05) is 49.2 Å². The second kappa shape index (κ2) is 14.6. The lowest BCUT2D eigenvalue weighted by Gasteiger charge is -2.40. The Labute approximate surface area is 273 Å². The van der Waals surface area contributed by atoms with E-state index in [1.54, 1.807) is 0 Å². The number of alkyl carbamates (subject to hydrolysis) is 1. The van der Waals surface area contributed by atoms with Crippen molar-refractivity contribution < 1.29 is 28.9 Å². The minimum atomic E-state index is -0.642. The van der Waals surface area contributed by atoms with Crippen LogP contribution in [0.4, 0.5) is 10.5 Å². The highest BCUT2D eigenvalue weighted by Crippen LogP contribution is 2.47. The Balaban J connectivity index is 1.42. The number of aliphatic hydroxyl groups excluding tert-OH is 1. The molecule has 1 aliphatic carbocycles. The molecule has 1 atom stereocenters. The van der Waals surface area contributed by atoms with E-state index in [-0.39, 0.29) is 19.0 Å². The predicted molar refractivity (Wildman–Crippen MR) is 180 cm³/mol. The molecule has 1 aliphatic heterocycles. The number of carbonyl (C=O) groups excluding carboxylic acids is 2. The second-order valence-electron chi connectivity index (χ2n) is 13.7. The molecular weight excluding hydrogens is 580 g/mol. The van der Waals surface area contributed by atoms with Crippen molar-refractivity contribution in [3.05, 3.63) is 83.4 Å². The maximum Gasteiger partial charge on any atom is 0.408 e. The van der Waals surface area contributed by atoms with Crippen LogP contribution in [0.2, 0.25) is 0 Å². The van der Waals surface area contributed by atoms with Crippen LogP contribution < -0.4 is 15.0 Å². The van der Waals surface area contributed by atoms with Crippen molar-refractivity contribution in [2.45, 2.75) is 84.0 Å². The lowest BCUT2D eigenvalue weighted by atomic mass is 9.77. The van der Waals surface area contributed by atoms with Crippen LogP contribution in [0.3, 0.4) is 0 Å². The van der Waals surface area contributed by atoms with Gasteiger partial charge in [-0.25, -0.2) is 4.79 Å². The molecule has 1 heterocycles. The number of rotatable bonds is 10. The summed E-state index contributed by atoms with van der Waals surface area (Å²) in [6, 6.07) is 21.4. The van der Waals surface area contributed by atoms with Crippen molar-refractivity contribution in [3.8, 4) is 16.9 Å². The number of nitrogens with one attached hydrogen (secondary N) is 1. The summed E-state index contributed by atoms with van der Waals surface area (Å²) < 4.78 is 16.6. The number of benzene rings is 3. The number of nitrogens with zero attached hydrogens (tertiary/aromatic N) is 1. The molecule has 3 aromatic carbocycles. The highest BCUT2D eigenvalue weighted by Gasteiger charge is 2.37. The van der Waals surface area contributed by atoms with Crippen molar-refractivity contribution in [2.24, 2.45) is 5.41 Å². The van der Waals surface area contributed by atoms with Crippen LogP contribution in [0.15, 0.2) is 66.7 Å². The molecule has 0 radical (unpaired) electrons. The summed E-state index contributed by atoms with van der Waals surface area (Å²) in [6.07, 6.45) is 7.40. The molecule has 46 heavy (non-hydrogen) atoms. The Kier molecular flexibility index (Phi) is 10.6. The number of hydrogen-bond acceptors (Lipinski definition) is 7. The van der Waals surface area contributed by atoms with E-state index in [4.69, 9.17) is 14.2 Å². The second-order valence-corrected chi connectivity index (χ2v) is 13.7. The molecule has 1 saturated heterocycles. The average Bonchev–Trinajstić information content (AvgIpc) is 3.50. The SMILES string of the molecule is COC(=O)Cc1ccccc1OCc1cc(-c2cccc([C@@H](CO)NC(=O)OC(C)(C)C)c2)cc(N2CCC3(CCCC3)CC2)c1. The smallest absolute Gasteiger partial charge is 0.408 e. The number of esters is 1. The first kappa shape index (κ1) is 33.3. The number of anilines is 1. The Bertz CT molecular complexity index is 1500. The first-order valence-electron chi connectivity index (χ1n) is 16.4. The molecule has 2 aliphatic rings. The van der Waals surface area contributed by atoms with Crippen molar-refractivity contribution in [3.63, 3.8) is 0 Å². The molecular formula is C38H48N2O6. The maximum atomic E-state index is 12.5. The highest BCUT2D eigenvalue weighted by atomic mass is 16.6. The van der Waals surface area contributed by atoms with Gasteiger partial charge < -0.3 is 29.5 Å². The fourth-order valence-corrected chi connectivity index (χ4v) is 6.77. The van der Waals surface area contributed by atoms with Gasteiger partial charge in [-0.15, -0.1) is 0 Å². The van der Waals surface area contributed by atoms with Crippen LogP contribution in [0, 0.1) is 5.41 Å². The zero-order chi connectivity index (χ0) is 32.7. The third kappa shape index (κ3) is 8.60. The van der Waals surface area contributed by atoms with Gasteiger partial charge in [-0.3, -0.25) is 4.79 Å². The number of ether oxygens (including phenoxy) is 3. The highest BCUT2D eigenvalue weighted by molar-refractivity contribution is 5.74. The zero-order valence-corrected chi connectivity index (χ0v) is 27.6. The summed E-state index contributed by atoms with van der Waals surface area (Å²) >= 11 is 0. The third-order valence-electron chi connectivity index (χ3n) is 9.26. The Hall–Kier alpha value is -4.04. The summed E-state index contributed by atoms with van der Waals surface area (Å²) in [5.74, 6) is 0.342. The summed E-state index contributed by atoms with van der Waals surface area (Å²) in [6.45, 7) is 7.55. The van der Waals surface area contributed by atoms with E-state index in [2.05, 4.69) is 28.4 Å². The average molecular weight is 629 g/mol. The van der Waals surface area contributed by atoms with Gasteiger partial charge in [-0.05, 0) is 104 Å². The largest absolute Gasteiger partial charge is 0.489 e. The zero-order valence-electron chi connectivity index (χ0n) is 27.6. The number of hydrogen-bond donors (Lipinski definition) is 2. The number of para-hydroxylation sites is 1. The summed E-state index contributed by atoms with van der Waals surface area (Å²) in [5.41, 5.74) is 5.60. The van der Waals surface area contributed by atoms with Crippen molar-refractivity contribution >= 4 is 17.7 Å². The Morgan fingerprint density at radius 1 is 0.935 bits per heavy atom.